The van der Waals surface area contributed by atoms with E-state index >= 15 is 0 Å². The van der Waals surface area contributed by atoms with Gasteiger partial charge in [-0.1, -0.05) is 5.16 Å². The van der Waals surface area contributed by atoms with Gasteiger partial charge in [0, 0.05) is 12.3 Å². The fourth-order valence-corrected chi connectivity index (χ4v) is 1.55. The Bertz CT molecular complexity index is 619. The van der Waals surface area contributed by atoms with Crippen LogP contribution < -0.4 is 5.32 Å². The highest BCUT2D eigenvalue weighted by Gasteiger charge is 2.10. The molecule has 104 valence electrons. The van der Waals surface area contributed by atoms with Crippen molar-refractivity contribution in [2.45, 2.75) is 13.3 Å². The third-order valence-electron chi connectivity index (χ3n) is 2.46. The van der Waals surface area contributed by atoms with E-state index in [1.165, 1.54) is 25.4 Å². The van der Waals surface area contributed by atoms with E-state index in [1.54, 1.807) is 13.0 Å². The molecule has 0 bridgehead atoms. The molecule has 0 aromatic carbocycles. The first-order valence-electron chi connectivity index (χ1n) is 5.85. The summed E-state index contributed by atoms with van der Waals surface area (Å²) in [5.74, 6) is 0.0667. The predicted molar refractivity (Wildman–Crippen MR) is 69.2 cm³/mol. The van der Waals surface area contributed by atoms with Gasteiger partial charge in [0.25, 0.3) is 0 Å². The average molecular weight is 275 g/mol. The number of hydrogen-bond donors (Lipinski definition) is 1. The molecule has 0 saturated carbocycles. The lowest BCUT2D eigenvalue weighted by Gasteiger charge is -2.03. The van der Waals surface area contributed by atoms with Crippen LogP contribution in [0.4, 0.5) is 5.82 Å². The van der Waals surface area contributed by atoms with Crippen molar-refractivity contribution < 1.29 is 18.8 Å². The van der Waals surface area contributed by atoms with Crippen molar-refractivity contribution in [1.29, 1.82) is 0 Å². The maximum absolute atomic E-state index is 11.7. The molecule has 2 rings (SSSR count). The van der Waals surface area contributed by atoms with E-state index in [9.17, 15) is 9.59 Å². The zero-order valence-electron chi connectivity index (χ0n) is 11.0. The number of aryl methyl sites for hydroxylation is 1. The summed E-state index contributed by atoms with van der Waals surface area (Å²) in [6.07, 6.45) is 1.40. The van der Waals surface area contributed by atoms with Crippen LogP contribution in [0, 0.1) is 6.92 Å². The number of hydrogen-bond acceptors (Lipinski definition) is 6. The fourth-order valence-electron chi connectivity index (χ4n) is 1.55. The zero-order chi connectivity index (χ0) is 14.5. The highest BCUT2D eigenvalue weighted by molar-refractivity contribution is 5.92. The van der Waals surface area contributed by atoms with Gasteiger partial charge in [0.05, 0.1) is 24.8 Å². The molecule has 1 amide bonds. The molecule has 0 saturated heterocycles. The number of carbonyl (C=O) groups excluding carboxylic acids is 2. The number of rotatable bonds is 4. The molecule has 0 spiro atoms. The molecule has 0 fully saturated rings. The second kappa shape index (κ2) is 5.96. The Kier molecular flexibility index (Phi) is 4.09. The summed E-state index contributed by atoms with van der Waals surface area (Å²) in [5.41, 5.74) is 1.03. The molecular weight excluding hydrogens is 262 g/mol. The Morgan fingerprint density at radius 2 is 2.20 bits per heavy atom. The minimum Gasteiger partial charge on any atom is -0.465 e. The maximum Gasteiger partial charge on any atom is 0.339 e. The van der Waals surface area contributed by atoms with Crippen molar-refractivity contribution in [3.8, 4) is 0 Å². The molecule has 7 nitrogen and oxygen atoms in total. The smallest absolute Gasteiger partial charge is 0.339 e. The standard InChI is InChI=1S/C13H13N3O4/c1-8-5-10(20-16-8)6-12(17)15-11-4-3-9(7-14-11)13(18)19-2/h3-5,7H,6H2,1-2H3,(H,14,15,17). The van der Waals surface area contributed by atoms with Crippen LogP contribution >= 0.6 is 0 Å². The molecular formula is C13H13N3O4. The van der Waals surface area contributed by atoms with Gasteiger partial charge in [-0.05, 0) is 19.1 Å². The van der Waals surface area contributed by atoms with Gasteiger partial charge in [-0.25, -0.2) is 9.78 Å². The first-order valence-corrected chi connectivity index (χ1v) is 5.85. The number of methoxy groups -OCH3 is 1. The molecule has 2 aromatic rings. The van der Waals surface area contributed by atoms with E-state index in [-0.39, 0.29) is 12.3 Å². The van der Waals surface area contributed by atoms with Crippen LogP contribution in [0.1, 0.15) is 21.8 Å². The van der Waals surface area contributed by atoms with E-state index in [2.05, 4.69) is 20.2 Å². The fraction of sp³-hybridized carbons (Fsp3) is 0.231. The van der Waals surface area contributed by atoms with Crippen molar-refractivity contribution in [2.24, 2.45) is 0 Å². The van der Waals surface area contributed by atoms with Crippen molar-refractivity contribution in [2.75, 3.05) is 12.4 Å². The Labute approximate surface area is 114 Å². The molecule has 0 unspecified atom stereocenters. The first kappa shape index (κ1) is 13.7. The van der Waals surface area contributed by atoms with Gasteiger partial charge < -0.3 is 14.6 Å². The molecule has 0 radical (unpaired) electrons. The van der Waals surface area contributed by atoms with Gasteiger partial charge in [0.2, 0.25) is 5.91 Å². The van der Waals surface area contributed by atoms with Crippen molar-refractivity contribution >= 4 is 17.7 Å². The van der Waals surface area contributed by atoms with Gasteiger partial charge in [-0.2, -0.15) is 0 Å². The van der Waals surface area contributed by atoms with Crippen LogP contribution in [0.5, 0.6) is 0 Å². The number of amides is 1. The number of carbonyl (C=O) groups is 2. The Morgan fingerprint density at radius 1 is 1.40 bits per heavy atom. The normalized spacial score (nSPS) is 10.1. The van der Waals surface area contributed by atoms with E-state index in [1.807, 2.05) is 0 Å². The Balaban J connectivity index is 1.96. The molecule has 7 heteroatoms. The third-order valence-corrected chi connectivity index (χ3v) is 2.46. The predicted octanol–water partition coefficient (Wildman–Crippen LogP) is 1.35. The van der Waals surface area contributed by atoms with E-state index < -0.39 is 5.97 Å². The second-order valence-corrected chi connectivity index (χ2v) is 4.08. The molecule has 2 aromatic heterocycles. The lowest BCUT2D eigenvalue weighted by atomic mass is 10.2. The molecule has 0 aliphatic heterocycles. The number of esters is 1. The van der Waals surface area contributed by atoms with Crippen LogP contribution in [0.15, 0.2) is 28.9 Å². The van der Waals surface area contributed by atoms with Crippen LogP contribution in [0.25, 0.3) is 0 Å². The number of ether oxygens (including phenoxy) is 1. The van der Waals surface area contributed by atoms with Crippen LogP contribution in [0.2, 0.25) is 0 Å². The first-order chi connectivity index (χ1) is 9.58. The van der Waals surface area contributed by atoms with Gasteiger partial charge in [0.1, 0.15) is 11.6 Å². The second-order valence-electron chi connectivity index (χ2n) is 4.08. The summed E-state index contributed by atoms with van der Waals surface area (Å²) in [7, 11) is 1.29. The number of pyridine rings is 1. The summed E-state index contributed by atoms with van der Waals surface area (Å²) < 4.78 is 9.50. The minimum absolute atomic E-state index is 0.0707. The molecule has 1 N–H and O–H groups in total. The number of nitrogens with one attached hydrogen (secondary N) is 1. The molecule has 0 aliphatic carbocycles. The summed E-state index contributed by atoms with van der Waals surface area (Å²) in [5, 5.41) is 6.29. The molecule has 20 heavy (non-hydrogen) atoms. The van der Waals surface area contributed by atoms with Gasteiger partial charge >= 0.3 is 5.97 Å². The monoisotopic (exact) mass is 275 g/mol. The summed E-state index contributed by atoms with van der Waals surface area (Å²) in [4.78, 5) is 26.9. The highest BCUT2D eigenvalue weighted by atomic mass is 16.5. The van der Waals surface area contributed by atoms with Crippen molar-refractivity contribution in [3.63, 3.8) is 0 Å². The summed E-state index contributed by atoms with van der Waals surface area (Å²) in [6.45, 7) is 1.78. The molecule has 2 heterocycles. The number of aromatic nitrogens is 2. The number of nitrogens with zero attached hydrogens (tertiary/aromatic N) is 2. The molecule has 0 aliphatic rings. The van der Waals surface area contributed by atoms with Crippen LogP contribution in [0.3, 0.4) is 0 Å². The quantitative estimate of drug-likeness (QED) is 0.846. The number of anilines is 1. The highest BCUT2D eigenvalue weighted by Crippen LogP contribution is 2.08. The zero-order valence-corrected chi connectivity index (χ0v) is 11.0. The third kappa shape index (κ3) is 3.41. The van der Waals surface area contributed by atoms with Crippen molar-refractivity contribution in [1.82, 2.24) is 10.1 Å². The van der Waals surface area contributed by atoms with E-state index in [0.29, 0.717) is 22.8 Å². The summed E-state index contributed by atoms with van der Waals surface area (Å²) >= 11 is 0. The lowest BCUT2D eigenvalue weighted by Crippen LogP contribution is -2.15. The van der Waals surface area contributed by atoms with Gasteiger partial charge in [-0.15, -0.1) is 0 Å². The SMILES string of the molecule is COC(=O)c1ccc(NC(=O)Cc2cc(C)no2)nc1. The Hall–Kier alpha value is -2.70. The van der Waals surface area contributed by atoms with E-state index in [0.717, 1.165) is 0 Å². The lowest BCUT2D eigenvalue weighted by molar-refractivity contribution is -0.115. The topological polar surface area (TPSA) is 94.3 Å². The van der Waals surface area contributed by atoms with Crippen LogP contribution in [-0.2, 0) is 16.0 Å². The largest absolute Gasteiger partial charge is 0.465 e. The summed E-state index contributed by atoms with van der Waals surface area (Å²) in [6, 6.07) is 4.73. The van der Waals surface area contributed by atoms with Gasteiger partial charge in [-0.3, -0.25) is 4.79 Å². The maximum atomic E-state index is 11.7. The minimum atomic E-state index is -0.479. The Morgan fingerprint density at radius 3 is 2.75 bits per heavy atom. The average Bonchev–Trinajstić information content (AvgIpc) is 2.84. The van der Waals surface area contributed by atoms with Crippen LogP contribution in [-0.4, -0.2) is 29.1 Å². The van der Waals surface area contributed by atoms with E-state index in [4.69, 9.17) is 4.52 Å². The van der Waals surface area contributed by atoms with Gasteiger partial charge in [0.15, 0.2) is 0 Å². The molecule has 0 atom stereocenters. The van der Waals surface area contributed by atoms with Crippen molar-refractivity contribution in [3.05, 3.63) is 41.4 Å².